The number of carbonyl (C=O) groups excluding carboxylic acids is 1. The maximum atomic E-state index is 13.3. The summed E-state index contributed by atoms with van der Waals surface area (Å²) in [4.78, 5) is 13.7. The van der Waals surface area contributed by atoms with E-state index < -0.39 is 11.4 Å². The second-order valence-corrected chi connectivity index (χ2v) is 5.41. The average Bonchev–Trinajstić information content (AvgIpc) is 2.40. The van der Waals surface area contributed by atoms with Crippen LogP contribution in [0.1, 0.15) is 26.2 Å². The number of hydrogen-bond donors (Lipinski definition) is 1. The Hall–Kier alpha value is -1.62. The van der Waals surface area contributed by atoms with Gasteiger partial charge in [-0.2, -0.15) is 0 Å². The lowest BCUT2D eigenvalue weighted by Crippen LogP contribution is -2.45. The van der Waals surface area contributed by atoms with Crippen LogP contribution < -0.4 is 4.74 Å². The molecule has 1 saturated heterocycles. The zero-order valence-electron chi connectivity index (χ0n) is 11.6. The standard InChI is InChI=1S/C15H20FNO3/c1-15(19)7-9-17(10-8-15)14(18)6-11-20-13-5-3-2-4-12(13)16/h2-5,19H,6-11H2,1H3. The molecule has 0 bridgehead atoms. The first-order valence-corrected chi connectivity index (χ1v) is 6.85. The second kappa shape index (κ2) is 6.22. The van der Waals surface area contributed by atoms with Crippen LogP contribution in [0.4, 0.5) is 4.39 Å². The Balaban J connectivity index is 1.75. The summed E-state index contributed by atoms with van der Waals surface area (Å²) in [6.45, 7) is 3.07. The van der Waals surface area contributed by atoms with E-state index in [-0.39, 0.29) is 24.7 Å². The van der Waals surface area contributed by atoms with Crippen molar-refractivity contribution in [3.8, 4) is 5.75 Å². The number of piperidine rings is 1. The lowest BCUT2D eigenvalue weighted by atomic mass is 9.94. The largest absolute Gasteiger partial charge is 0.490 e. The third-order valence-corrected chi connectivity index (χ3v) is 3.60. The molecule has 2 rings (SSSR count). The molecule has 0 saturated carbocycles. The molecule has 1 N–H and O–H groups in total. The summed E-state index contributed by atoms with van der Waals surface area (Å²) in [5.41, 5.74) is -0.666. The maximum Gasteiger partial charge on any atom is 0.226 e. The third-order valence-electron chi connectivity index (χ3n) is 3.60. The number of aliphatic hydroxyl groups is 1. The van der Waals surface area contributed by atoms with Crippen molar-refractivity contribution in [2.45, 2.75) is 31.8 Å². The van der Waals surface area contributed by atoms with Gasteiger partial charge in [-0.1, -0.05) is 12.1 Å². The molecule has 4 nitrogen and oxygen atoms in total. The van der Waals surface area contributed by atoms with Crippen molar-refractivity contribution in [2.75, 3.05) is 19.7 Å². The zero-order valence-corrected chi connectivity index (χ0v) is 11.6. The van der Waals surface area contributed by atoms with Gasteiger partial charge >= 0.3 is 0 Å². The number of benzene rings is 1. The summed E-state index contributed by atoms with van der Waals surface area (Å²) in [5.74, 6) is -0.271. The lowest BCUT2D eigenvalue weighted by Gasteiger charge is -2.35. The molecule has 0 unspecified atom stereocenters. The van der Waals surface area contributed by atoms with E-state index in [4.69, 9.17) is 4.74 Å². The number of para-hydroxylation sites is 1. The fraction of sp³-hybridized carbons (Fsp3) is 0.533. The highest BCUT2D eigenvalue weighted by atomic mass is 19.1. The number of rotatable bonds is 4. The molecule has 1 aliphatic rings. The Labute approximate surface area is 118 Å². The average molecular weight is 281 g/mol. The molecule has 5 heteroatoms. The van der Waals surface area contributed by atoms with Crippen molar-refractivity contribution < 1.29 is 19.0 Å². The number of halogens is 1. The van der Waals surface area contributed by atoms with Crippen LogP contribution in [0, 0.1) is 5.82 Å². The molecule has 1 aromatic carbocycles. The molecule has 1 heterocycles. The molecule has 1 aliphatic heterocycles. The Morgan fingerprint density at radius 3 is 2.70 bits per heavy atom. The van der Waals surface area contributed by atoms with Crippen molar-refractivity contribution in [2.24, 2.45) is 0 Å². The van der Waals surface area contributed by atoms with E-state index in [2.05, 4.69) is 0 Å². The van der Waals surface area contributed by atoms with Crippen LogP contribution in [0.3, 0.4) is 0 Å². The minimum absolute atomic E-state index is 0.0168. The van der Waals surface area contributed by atoms with E-state index >= 15 is 0 Å². The second-order valence-electron chi connectivity index (χ2n) is 5.41. The fourth-order valence-corrected chi connectivity index (χ4v) is 2.21. The Morgan fingerprint density at radius 2 is 2.05 bits per heavy atom. The van der Waals surface area contributed by atoms with Gasteiger partial charge in [-0.25, -0.2) is 4.39 Å². The molecule has 0 atom stereocenters. The lowest BCUT2D eigenvalue weighted by molar-refractivity contribution is -0.135. The monoisotopic (exact) mass is 281 g/mol. The van der Waals surface area contributed by atoms with Crippen molar-refractivity contribution in [1.82, 2.24) is 4.90 Å². The third kappa shape index (κ3) is 3.93. The molecule has 20 heavy (non-hydrogen) atoms. The van der Waals surface area contributed by atoms with Crippen LogP contribution in [-0.4, -0.2) is 41.2 Å². The van der Waals surface area contributed by atoms with Gasteiger partial charge in [0.25, 0.3) is 0 Å². The molecular weight excluding hydrogens is 261 g/mol. The predicted octanol–water partition coefficient (Wildman–Crippen LogP) is 1.97. The van der Waals surface area contributed by atoms with E-state index in [1.165, 1.54) is 12.1 Å². The van der Waals surface area contributed by atoms with E-state index in [1.54, 1.807) is 24.0 Å². The van der Waals surface area contributed by atoms with Crippen LogP contribution in [0.5, 0.6) is 5.75 Å². The summed E-state index contributed by atoms with van der Waals surface area (Å²) >= 11 is 0. The van der Waals surface area contributed by atoms with Gasteiger partial charge in [0.15, 0.2) is 11.6 Å². The summed E-state index contributed by atoms with van der Waals surface area (Å²) in [6.07, 6.45) is 1.40. The fourth-order valence-electron chi connectivity index (χ4n) is 2.21. The first-order chi connectivity index (χ1) is 9.48. The summed E-state index contributed by atoms with van der Waals surface area (Å²) in [7, 11) is 0. The smallest absolute Gasteiger partial charge is 0.226 e. The Bertz CT molecular complexity index is 466. The van der Waals surface area contributed by atoms with Crippen molar-refractivity contribution in [3.05, 3.63) is 30.1 Å². The van der Waals surface area contributed by atoms with Crippen molar-refractivity contribution in [3.63, 3.8) is 0 Å². The van der Waals surface area contributed by atoms with Gasteiger partial charge in [0, 0.05) is 13.1 Å². The van der Waals surface area contributed by atoms with E-state index in [1.807, 2.05) is 0 Å². The Morgan fingerprint density at radius 1 is 1.40 bits per heavy atom. The number of nitrogens with zero attached hydrogens (tertiary/aromatic N) is 1. The minimum Gasteiger partial charge on any atom is -0.490 e. The van der Waals surface area contributed by atoms with Crippen LogP contribution >= 0.6 is 0 Å². The summed E-state index contributed by atoms with van der Waals surface area (Å²) in [6, 6.07) is 6.14. The van der Waals surface area contributed by atoms with Crippen LogP contribution in [0.2, 0.25) is 0 Å². The number of hydrogen-bond acceptors (Lipinski definition) is 3. The van der Waals surface area contributed by atoms with Crippen molar-refractivity contribution in [1.29, 1.82) is 0 Å². The topological polar surface area (TPSA) is 49.8 Å². The van der Waals surface area contributed by atoms with Crippen LogP contribution in [0.15, 0.2) is 24.3 Å². The summed E-state index contributed by atoms with van der Waals surface area (Å²) < 4.78 is 18.6. The van der Waals surface area contributed by atoms with E-state index in [0.717, 1.165) is 0 Å². The van der Waals surface area contributed by atoms with Crippen LogP contribution in [-0.2, 0) is 4.79 Å². The highest BCUT2D eigenvalue weighted by Crippen LogP contribution is 2.21. The summed E-state index contributed by atoms with van der Waals surface area (Å²) in [5, 5.41) is 9.82. The predicted molar refractivity (Wildman–Crippen MR) is 72.9 cm³/mol. The van der Waals surface area contributed by atoms with Gasteiger partial charge < -0.3 is 14.7 Å². The van der Waals surface area contributed by atoms with Gasteiger partial charge in [-0.15, -0.1) is 0 Å². The molecule has 1 fully saturated rings. The number of ether oxygens (including phenoxy) is 1. The zero-order chi connectivity index (χ0) is 14.6. The number of likely N-dealkylation sites (tertiary alicyclic amines) is 1. The van der Waals surface area contributed by atoms with E-state index in [0.29, 0.717) is 25.9 Å². The first kappa shape index (κ1) is 14.8. The molecule has 0 radical (unpaired) electrons. The SMILES string of the molecule is CC1(O)CCN(C(=O)CCOc2ccccc2F)CC1. The van der Waals surface area contributed by atoms with Crippen molar-refractivity contribution >= 4 is 5.91 Å². The normalized spacial score (nSPS) is 17.9. The van der Waals surface area contributed by atoms with Gasteiger partial charge in [0.1, 0.15) is 0 Å². The molecule has 1 amide bonds. The van der Waals surface area contributed by atoms with Crippen LogP contribution in [0.25, 0.3) is 0 Å². The molecule has 110 valence electrons. The number of carbonyl (C=O) groups is 1. The molecule has 0 aliphatic carbocycles. The van der Waals surface area contributed by atoms with E-state index in [9.17, 15) is 14.3 Å². The molecule has 0 spiro atoms. The molecular formula is C15H20FNO3. The number of amides is 1. The van der Waals surface area contributed by atoms with Gasteiger partial charge in [-0.05, 0) is 31.9 Å². The van der Waals surface area contributed by atoms with Gasteiger partial charge in [0.05, 0.1) is 18.6 Å². The van der Waals surface area contributed by atoms with Gasteiger partial charge in [-0.3, -0.25) is 4.79 Å². The highest BCUT2D eigenvalue weighted by Gasteiger charge is 2.29. The quantitative estimate of drug-likeness (QED) is 0.918. The minimum atomic E-state index is -0.666. The highest BCUT2D eigenvalue weighted by molar-refractivity contribution is 5.76. The first-order valence-electron chi connectivity index (χ1n) is 6.85. The van der Waals surface area contributed by atoms with Gasteiger partial charge in [0.2, 0.25) is 5.91 Å². The Kier molecular flexibility index (Phi) is 4.60. The molecule has 0 aromatic heterocycles. The molecule has 1 aromatic rings. The maximum absolute atomic E-state index is 13.3.